The molecular weight excluding hydrogens is 158 g/mol. The van der Waals surface area contributed by atoms with Gasteiger partial charge in [-0.15, -0.1) is 0 Å². The van der Waals surface area contributed by atoms with Gasteiger partial charge in [0.25, 0.3) is 0 Å². The smallest absolute Gasteiger partial charge is 0.00697 e. The molecule has 2 N–H and O–H groups in total. The first kappa shape index (κ1) is 11.0. The zero-order chi connectivity index (χ0) is 9.84. The lowest BCUT2D eigenvalue weighted by Crippen LogP contribution is -2.37. The summed E-state index contributed by atoms with van der Waals surface area (Å²) in [6, 6.07) is 0.461. The molecule has 4 unspecified atom stereocenters. The van der Waals surface area contributed by atoms with Crippen LogP contribution in [0.2, 0.25) is 0 Å². The van der Waals surface area contributed by atoms with Crippen LogP contribution in [0.3, 0.4) is 0 Å². The molecule has 78 valence electrons. The molecule has 4 atom stereocenters. The Kier molecular flexibility index (Phi) is 4.24. The van der Waals surface area contributed by atoms with E-state index >= 15 is 0 Å². The first-order chi connectivity index (χ1) is 6.15. The summed E-state index contributed by atoms with van der Waals surface area (Å²) < 4.78 is 0. The molecule has 0 heterocycles. The number of nitrogens with two attached hydrogens (primary N) is 1. The lowest BCUT2D eigenvalue weighted by atomic mass is 9.71. The van der Waals surface area contributed by atoms with Crippen LogP contribution in [0, 0.1) is 17.8 Å². The van der Waals surface area contributed by atoms with Crippen molar-refractivity contribution in [3.63, 3.8) is 0 Å². The van der Waals surface area contributed by atoms with Gasteiger partial charge in [0.05, 0.1) is 0 Å². The molecule has 0 radical (unpaired) electrons. The third kappa shape index (κ3) is 2.98. The molecule has 0 saturated heterocycles. The Labute approximate surface area is 83.1 Å². The maximum atomic E-state index is 6.21. The van der Waals surface area contributed by atoms with Crippen molar-refractivity contribution in [3.05, 3.63) is 0 Å². The van der Waals surface area contributed by atoms with E-state index in [1.165, 1.54) is 32.1 Å². The summed E-state index contributed by atoms with van der Waals surface area (Å²) >= 11 is 0. The average Bonchev–Trinajstić information content (AvgIpc) is 2.09. The van der Waals surface area contributed by atoms with Crippen LogP contribution >= 0.6 is 0 Å². The van der Waals surface area contributed by atoms with E-state index in [2.05, 4.69) is 20.8 Å². The molecule has 1 saturated carbocycles. The molecule has 1 rings (SSSR count). The van der Waals surface area contributed by atoms with Crippen LogP contribution in [-0.2, 0) is 0 Å². The Bertz CT molecular complexity index is 144. The zero-order valence-corrected chi connectivity index (χ0v) is 9.42. The molecule has 0 aromatic heterocycles. The van der Waals surface area contributed by atoms with Gasteiger partial charge in [0.2, 0.25) is 0 Å². The molecule has 0 aromatic carbocycles. The lowest BCUT2D eigenvalue weighted by molar-refractivity contribution is 0.169. The molecule has 0 amide bonds. The van der Waals surface area contributed by atoms with E-state index in [0.717, 1.165) is 17.8 Å². The summed E-state index contributed by atoms with van der Waals surface area (Å²) in [6.07, 6.45) is 6.61. The monoisotopic (exact) mass is 183 g/mol. The van der Waals surface area contributed by atoms with Gasteiger partial charge in [-0.25, -0.2) is 0 Å². The molecule has 0 aliphatic heterocycles. The van der Waals surface area contributed by atoms with Gasteiger partial charge in [-0.1, -0.05) is 40.0 Å². The second kappa shape index (κ2) is 4.99. The maximum absolute atomic E-state index is 6.21. The summed E-state index contributed by atoms with van der Waals surface area (Å²) in [6.45, 7) is 6.99. The molecule has 13 heavy (non-hydrogen) atoms. The minimum Gasteiger partial charge on any atom is -0.327 e. The molecule has 1 nitrogen and oxygen atoms in total. The predicted octanol–water partition coefficient (Wildman–Crippen LogP) is 3.19. The van der Waals surface area contributed by atoms with Crippen molar-refractivity contribution in [1.29, 1.82) is 0 Å². The number of rotatable bonds is 3. The van der Waals surface area contributed by atoms with Gasteiger partial charge in [-0.3, -0.25) is 0 Å². The fourth-order valence-electron chi connectivity index (χ4n) is 2.72. The predicted molar refractivity (Wildman–Crippen MR) is 58.6 cm³/mol. The van der Waals surface area contributed by atoms with Crippen molar-refractivity contribution in [2.45, 2.75) is 58.9 Å². The Morgan fingerprint density at radius 1 is 1.31 bits per heavy atom. The number of hydrogen-bond donors (Lipinski definition) is 1. The van der Waals surface area contributed by atoms with E-state index < -0.39 is 0 Å². The van der Waals surface area contributed by atoms with Gasteiger partial charge in [-0.2, -0.15) is 0 Å². The summed E-state index contributed by atoms with van der Waals surface area (Å²) in [7, 11) is 0. The van der Waals surface area contributed by atoms with Crippen LogP contribution in [0.15, 0.2) is 0 Å². The highest BCUT2D eigenvalue weighted by molar-refractivity contribution is 4.83. The molecule has 0 aromatic rings. The fraction of sp³-hybridized carbons (Fsp3) is 1.00. The second-order valence-corrected chi connectivity index (χ2v) is 5.01. The standard InChI is InChI=1S/C12H25N/c1-4-5-12(13)11-8-9(2)6-7-10(11)3/h9-12H,4-8,13H2,1-3H3. The van der Waals surface area contributed by atoms with Crippen molar-refractivity contribution in [2.24, 2.45) is 23.5 Å². The van der Waals surface area contributed by atoms with Gasteiger partial charge < -0.3 is 5.73 Å². The highest BCUT2D eigenvalue weighted by Gasteiger charge is 2.29. The minimum absolute atomic E-state index is 0.461. The molecule has 0 spiro atoms. The first-order valence-corrected chi connectivity index (χ1v) is 5.90. The van der Waals surface area contributed by atoms with Gasteiger partial charge >= 0.3 is 0 Å². The fourth-order valence-corrected chi connectivity index (χ4v) is 2.72. The minimum atomic E-state index is 0.461. The maximum Gasteiger partial charge on any atom is 0.00697 e. The van der Waals surface area contributed by atoms with E-state index in [4.69, 9.17) is 5.73 Å². The molecule has 1 aliphatic carbocycles. The van der Waals surface area contributed by atoms with E-state index in [-0.39, 0.29) is 0 Å². The summed E-state index contributed by atoms with van der Waals surface area (Å²) in [5.41, 5.74) is 6.21. The van der Waals surface area contributed by atoms with E-state index in [0.29, 0.717) is 6.04 Å². The van der Waals surface area contributed by atoms with E-state index in [1.807, 2.05) is 0 Å². The molecule has 1 aliphatic rings. The zero-order valence-electron chi connectivity index (χ0n) is 9.42. The SMILES string of the molecule is CCCC(N)C1CC(C)CCC1C. The third-order valence-electron chi connectivity index (χ3n) is 3.69. The topological polar surface area (TPSA) is 26.0 Å². The van der Waals surface area contributed by atoms with E-state index in [9.17, 15) is 0 Å². The van der Waals surface area contributed by atoms with Gasteiger partial charge in [0.15, 0.2) is 0 Å². The first-order valence-electron chi connectivity index (χ1n) is 5.90. The normalized spacial score (nSPS) is 37.4. The summed E-state index contributed by atoms with van der Waals surface area (Å²) in [4.78, 5) is 0. The van der Waals surface area contributed by atoms with Crippen LogP contribution in [0.1, 0.15) is 52.9 Å². The Balaban J connectivity index is 2.44. The van der Waals surface area contributed by atoms with Crippen LogP contribution in [0.5, 0.6) is 0 Å². The van der Waals surface area contributed by atoms with Crippen molar-refractivity contribution in [2.75, 3.05) is 0 Å². The third-order valence-corrected chi connectivity index (χ3v) is 3.69. The van der Waals surface area contributed by atoms with Crippen LogP contribution in [0.25, 0.3) is 0 Å². The quantitative estimate of drug-likeness (QED) is 0.714. The molecule has 0 bridgehead atoms. The average molecular weight is 183 g/mol. The van der Waals surface area contributed by atoms with Crippen LogP contribution < -0.4 is 5.73 Å². The largest absolute Gasteiger partial charge is 0.327 e. The highest BCUT2D eigenvalue weighted by Crippen LogP contribution is 2.35. The van der Waals surface area contributed by atoms with Crippen molar-refractivity contribution < 1.29 is 0 Å². The Hall–Kier alpha value is -0.0400. The van der Waals surface area contributed by atoms with Crippen molar-refractivity contribution in [1.82, 2.24) is 0 Å². The van der Waals surface area contributed by atoms with Gasteiger partial charge in [0.1, 0.15) is 0 Å². The van der Waals surface area contributed by atoms with Crippen LogP contribution in [-0.4, -0.2) is 6.04 Å². The van der Waals surface area contributed by atoms with Crippen LogP contribution in [0.4, 0.5) is 0 Å². The Morgan fingerprint density at radius 3 is 2.62 bits per heavy atom. The Morgan fingerprint density at radius 2 is 2.00 bits per heavy atom. The second-order valence-electron chi connectivity index (χ2n) is 5.01. The molecule has 1 fully saturated rings. The number of hydrogen-bond acceptors (Lipinski definition) is 1. The molecular formula is C12H25N. The van der Waals surface area contributed by atoms with E-state index in [1.54, 1.807) is 0 Å². The van der Waals surface area contributed by atoms with Crippen molar-refractivity contribution in [3.8, 4) is 0 Å². The van der Waals surface area contributed by atoms with Gasteiger partial charge in [0, 0.05) is 6.04 Å². The summed E-state index contributed by atoms with van der Waals surface area (Å²) in [5, 5.41) is 0. The highest BCUT2D eigenvalue weighted by atomic mass is 14.7. The summed E-state index contributed by atoms with van der Waals surface area (Å²) in [5.74, 6) is 2.56. The van der Waals surface area contributed by atoms with Crippen molar-refractivity contribution >= 4 is 0 Å². The van der Waals surface area contributed by atoms with Gasteiger partial charge in [-0.05, 0) is 30.6 Å². The lowest BCUT2D eigenvalue weighted by Gasteiger charge is -2.36. The molecule has 1 heteroatoms.